The number of nitrogens with two attached hydrogens (primary N) is 1. The van der Waals surface area contributed by atoms with Crippen LogP contribution in [0.4, 0.5) is 5.95 Å². The summed E-state index contributed by atoms with van der Waals surface area (Å²) in [7, 11) is 0. The van der Waals surface area contributed by atoms with Crippen LogP contribution in [-0.2, 0) is 34.2 Å². The van der Waals surface area contributed by atoms with Gasteiger partial charge in [0.15, 0.2) is 10.8 Å². The van der Waals surface area contributed by atoms with Crippen molar-refractivity contribution in [3.05, 3.63) is 83.3 Å². The van der Waals surface area contributed by atoms with Crippen LogP contribution in [0, 0.1) is 0 Å². The highest BCUT2D eigenvalue weighted by atomic mass is 35.5. The maximum absolute atomic E-state index is 8.91. The number of fused-ring (bicyclic) bond motifs is 1. The third-order valence-corrected chi connectivity index (χ3v) is 4.54. The summed E-state index contributed by atoms with van der Waals surface area (Å²) in [4.78, 5) is 12.0. The number of halogens is 1. The molecule has 2 aromatic carbocycles. The molecule has 4 aromatic rings. The molecular formula is C23H24ClN5O3. The molecule has 9 heteroatoms. The molecular weight excluding hydrogens is 430 g/mol. The van der Waals surface area contributed by atoms with Gasteiger partial charge in [-0.1, -0.05) is 72.3 Å². The molecule has 0 saturated heterocycles. The minimum absolute atomic E-state index is 0.00133. The van der Waals surface area contributed by atoms with Gasteiger partial charge in [-0.15, -0.1) is 0 Å². The van der Waals surface area contributed by atoms with E-state index >= 15 is 0 Å². The molecule has 0 radical (unpaired) electrons. The number of nitrogens with zero attached hydrogens (tertiary/aromatic N) is 4. The van der Waals surface area contributed by atoms with Gasteiger partial charge in [-0.2, -0.15) is 9.97 Å². The molecule has 0 aliphatic carbocycles. The van der Waals surface area contributed by atoms with Gasteiger partial charge in [-0.05, 0) is 11.1 Å². The molecule has 0 unspecified atom stereocenters. The maximum Gasteiger partial charge on any atom is 0.223 e. The molecule has 0 aliphatic heterocycles. The van der Waals surface area contributed by atoms with Gasteiger partial charge in [-0.25, -0.2) is 4.98 Å². The average Bonchev–Trinajstić information content (AvgIpc) is 3.29. The van der Waals surface area contributed by atoms with Crippen LogP contribution < -0.4 is 5.73 Å². The van der Waals surface area contributed by atoms with E-state index in [4.69, 9.17) is 38.4 Å². The Morgan fingerprint density at radius 1 is 0.969 bits per heavy atom. The summed E-state index contributed by atoms with van der Waals surface area (Å²) < 4.78 is 60.9. The van der Waals surface area contributed by atoms with Gasteiger partial charge in [-0.3, -0.25) is 4.57 Å². The van der Waals surface area contributed by atoms with Crippen molar-refractivity contribution in [1.29, 1.82) is 0 Å². The molecule has 2 N–H and O–H groups in total. The third-order valence-electron chi connectivity index (χ3n) is 4.28. The number of nitrogen functional groups attached to an aromatic ring is 1. The Kier molecular flexibility index (Phi) is 5.70. The molecule has 0 aliphatic rings. The summed E-state index contributed by atoms with van der Waals surface area (Å²) in [5.41, 5.74) is 7.30. The molecule has 0 amide bonds. The van der Waals surface area contributed by atoms with Gasteiger partial charge >= 0.3 is 0 Å². The van der Waals surface area contributed by atoms with Crippen molar-refractivity contribution in [1.82, 2.24) is 19.5 Å². The van der Waals surface area contributed by atoms with E-state index < -0.39 is 25.9 Å². The highest BCUT2D eigenvalue weighted by molar-refractivity contribution is 6.33. The predicted octanol–water partition coefficient (Wildman–Crippen LogP) is 3.84. The summed E-state index contributed by atoms with van der Waals surface area (Å²) in [6.45, 7) is -6.98. The number of benzene rings is 2. The predicted molar refractivity (Wildman–Crippen MR) is 122 cm³/mol. The molecule has 0 spiro atoms. The maximum atomic E-state index is 8.91. The molecule has 0 saturated carbocycles. The van der Waals surface area contributed by atoms with Crippen molar-refractivity contribution in [3.8, 4) is 0 Å². The lowest BCUT2D eigenvalue weighted by atomic mass is 10.2. The molecule has 0 atom stereocenters. The zero-order valence-corrected chi connectivity index (χ0v) is 17.7. The van der Waals surface area contributed by atoms with Crippen LogP contribution in [0.15, 0.2) is 67.0 Å². The zero-order chi connectivity index (χ0) is 26.7. The van der Waals surface area contributed by atoms with Crippen LogP contribution >= 0.6 is 11.6 Å². The van der Waals surface area contributed by atoms with E-state index in [0.717, 1.165) is 0 Å². The number of aromatic nitrogens is 4. The number of hydrogen-bond donors (Lipinski definition) is 1. The van der Waals surface area contributed by atoms with Crippen molar-refractivity contribution < 1.29 is 21.1 Å². The van der Waals surface area contributed by atoms with Gasteiger partial charge in [0, 0.05) is 0 Å². The van der Waals surface area contributed by atoms with Crippen molar-refractivity contribution >= 4 is 28.7 Å². The molecule has 166 valence electrons. The fraction of sp³-hybridized carbons (Fsp3) is 0.261. The van der Waals surface area contributed by atoms with E-state index in [1.165, 1.54) is 10.9 Å². The van der Waals surface area contributed by atoms with Gasteiger partial charge in [0.05, 0.1) is 39.5 Å². The molecule has 2 heterocycles. The Bertz CT molecular complexity index is 1290. The van der Waals surface area contributed by atoms with Crippen LogP contribution in [0.5, 0.6) is 0 Å². The SMILES string of the molecule is [2H]C([2H])(OCc1ccccc1)C([2H])(OCn1cnc2c(Cl)nc(N)nc21)C([2H])([2H])OCc1ccccc1. The average molecular weight is 459 g/mol. The second-order valence-corrected chi connectivity index (χ2v) is 6.97. The van der Waals surface area contributed by atoms with E-state index in [1.54, 1.807) is 60.7 Å². The minimum atomic E-state index is -3.01. The Labute approximate surface area is 198 Å². The largest absolute Gasteiger partial charge is 0.374 e. The first kappa shape index (κ1) is 16.6. The van der Waals surface area contributed by atoms with E-state index in [2.05, 4.69) is 15.0 Å². The quantitative estimate of drug-likeness (QED) is 0.341. The molecule has 0 bridgehead atoms. The summed E-state index contributed by atoms with van der Waals surface area (Å²) in [6, 6.07) is 17.5. The van der Waals surface area contributed by atoms with Crippen LogP contribution in [0.3, 0.4) is 0 Å². The highest BCUT2D eigenvalue weighted by Crippen LogP contribution is 2.19. The Morgan fingerprint density at radius 2 is 1.56 bits per heavy atom. The lowest BCUT2D eigenvalue weighted by molar-refractivity contribution is -0.0866. The highest BCUT2D eigenvalue weighted by Gasteiger charge is 2.14. The van der Waals surface area contributed by atoms with Crippen molar-refractivity contribution in [2.45, 2.75) is 26.0 Å². The van der Waals surface area contributed by atoms with Crippen LogP contribution in [0.2, 0.25) is 5.15 Å². The summed E-state index contributed by atoms with van der Waals surface area (Å²) in [6.07, 6.45) is -1.73. The Hall–Kier alpha value is -3.04. The van der Waals surface area contributed by atoms with Crippen molar-refractivity contribution in [3.63, 3.8) is 0 Å². The standard InChI is InChI=1S/C23H24ClN5O3/c24-21-20-22(28-23(25)27-21)29(15-26-20)16-32-19(13-30-11-17-7-3-1-4-8-17)14-31-12-18-9-5-2-6-10-18/h1-10,15,19H,11-14,16H2,(H2,25,27,28)/i13D2,14D2,19D. The van der Waals surface area contributed by atoms with E-state index in [1.807, 2.05) is 0 Å². The fourth-order valence-corrected chi connectivity index (χ4v) is 2.97. The summed E-state index contributed by atoms with van der Waals surface area (Å²) in [5, 5.41) is 0.00133. The third kappa shape index (κ3) is 6.02. The van der Waals surface area contributed by atoms with Gasteiger partial charge in [0.25, 0.3) is 0 Å². The number of anilines is 1. The molecule has 0 fully saturated rings. The summed E-state index contributed by atoms with van der Waals surface area (Å²) in [5.74, 6) is -0.126. The lowest BCUT2D eigenvalue weighted by Crippen LogP contribution is -2.27. The topological polar surface area (TPSA) is 97.3 Å². The van der Waals surface area contributed by atoms with E-state index in [-0.39, 0.29) is 35.5 Å². The normalized spacial score (nSPS) is 15.0. The number of imidazole rings is 1. The van der Waals surface area contributed by atoms with Gasteiger partial charge in [0.2, 0.25) is 5.95 Å². The second kappa shape index (κ2) is 11.0. The van der Waals surface area contributed by atoms with Crippen LogP contribution in [0.25, 0.3) is 11.2 Å². The first-order valence-corrected chi connectivity index (χ1v) is 10.0. The summed E-state index contributed by atoms with van der Waals surface area (Å²) >= 11 is 6.07. The van der Waals surface area contributed by atoms with Gasteiger partial charge < -0.3 is 19.9 Å². The molecule has 2 aromatic heterocycles. The zero-order valence-electron chi connectivity index (χ0n) is 21.9. The molecule has 4 rings (SSSR count). The second-order valence-electron chi connectivity index (χ2n) is 6.61. The van der Waals surface area contributed by atoms with Crippen LogP contribution in [0.1, 0.15) is 18.0 Å². The molecule has 8 nitrogen and oxygen atoms in total. The van der Waals surface area contributed by atoms with Crippen molar-refractivity contribution in [2.24, 2.45) is 0 Å². The van der Waals surface area contributed by atoms with E-state index in [9.17, 15) is 0 Å². The minimum Gasteiger partial charge on any atom is -0.374 e. The number of rotatable bonds is 11. The number of ether oxygens (including phenoxy) is 3. The lowest BCUT2D eigenvalue weighted by Gasteiger charge is -2.19. The first-order chi connectivity index (χ1) is 17.5. The Morgan fingerprint density at radius 3 is 2.16 bits per heavy atom. The van der Waals surface area contributed by atoms with E-state index in [0.29, 0.717) is 11.1 Å². The molecule has 32 heavy (non-hydrogen) atoms. The smallest absolute Gasteiger partial charge is 0.223 e. The first-order valence-electron chi connectivity index (χ1n) is 12.2. The van der Waals surface area contributed by atoms with Gasteiger partial charge in [0.1, 0.15) is 18.3 Å². The van der Waals surface area contributed by atoms with Crippen LogP contribution in [-0.4, -0.2) is 38.7 Å². The monoisotopic (exact) mass is 458 g/mol. The fourth-order valence-electron chi connectivity index (χ4n) is 2.75. The Balaban J connectivity index is 1.62. The van der Waals surface area contributed by atoms with Crippen molar-refractivity contribution in [2.75, 3.05) is 18.9 Å². The number of hydrogen-bond acceptors (Lipinski definition) is 7.